The van der Waals surface area contributed by atoms with E-state index in [1.54, 1.807) is 12.0 Å². The van der Waals surface area contributed by atoms with E-state index in [1.807, 2.05) is 67.1 Å². The standard InChI is InChI=1S/C22H23ClN4O2/c1-14(2)21(28)26-19(15-6-10-18(29-3)11-7-15)12-20(27-22(26)24-13-25-27)16-4-8-17(23)9-5-16/h4-11,13-14,19-20H,12H2,1-3H3. The van der Waals surface area contributed by atoms with Crippen molar-refractivity contribution >= 4 is 23.5 Å². The third-order valence-corrected chi connectivity index (χ3v) is 5.56. The average Bonchev–Trinajstić information content (AvgIpc) is 3.22. The largest absolute Gasteiger partial charge is 0.497 e. The smallest absolute Gasteiger partial charge is 0.232 e. The Morgan fingerprint density at radius 3 is 2.31 bits per heavy atom. The molecule has 1 aliphatic heterocycles. The molecule has 2 unspecified atom stereocenters. The molecule has 0 radical (unpaired) electrons. The summed E-state index contributed by atoms with van der Waals surface area (Å²) in [6, 6.07) is 15.4. The van der Waals surface area contributed by atoms with Crippen LogP contribution in [0.4, 0.5) is 5.95 Å². The van der Waals surface area contributed by atoms with E-state index in [2.05, 4.69) is 10.1 Å². The zero-order valence-corrected chi connectivity index (χ0v) is 17.4. The second-order valence-corrected chi connectivity index (χ2v) is 7.90. The van der Waals surface area contributed by atoms with Crippen LogP contribution in [0.25, 0.3) is 0 Å². The number of benzene rings is 2. The minimum Gasteiger partial charge on any atom is -0.497 e. The van der Waals surface area contributed by atoms with Gasteiger partial charge in [-0.15, -0.1) is 0 Å². The number of halogens is 1. The fraction of sp³-hybridized carbons (Fsp3) is 0.318. The van der Waals surface area contributed by atoms with Crippen LogP contribution in [0.2, 0.25) is 5.02 Å². The molecule has 150 valence electrons. The summed E-state index contributed by atoms with van der Waals surface area (Å²) < 4.78 is 7.13. The van der Waals surface area contributed by atoms with Gasteiger partial charge in [0.2, 0.25) is 11.9 Å². The molecule has 3 aromatic rings. The van der Waals surface area contributed by atoms with E-state index in [0.29, 0.717) is 17.4 Å². The summed E-state index contributed by atoms with van der Waals surface area (Å²) in [5.74, 6) is 1.21. The number of nitrogens with zero attached hydrogens (tertiary/aromatic N) is 4. The molecule has 6 nitrogen and oxygen atoms in total. The maximum atomic E-state index is 13.2. The zero-order valence-electron chi connectivity index (χ0n) is 16.6. The molecule has 0 saturated heterocycles. The van der Waals surface area contributed by atoms with Gasteiger partial charge >= 0.3 is 0 Å². The molecule has 0 aliphatic carbocycles. The van der Waals surface area contributed by atoms with E-state index in [-0.39, 0.29) is 23.9 Å². The Labute approximate surface area is 175 Å². The second-order valence-electron chi connectivity index (χ2n) is 7.46. The zero-order chi connectivity index (χ0) is 20.5. The lowest BCUT2D eigenvalue weighted by Gasteiger charge is -2.40. The van der Waals surface area contributed by atoms with Crippen LogP contribution < -0.4 is 9.64 Å². The normalized spacial score (nSPS) is 18.6. The number of fused-ring (bicyclic) bond motifs is 1. The van der Waals surface area contributed by atoms with E-state index in [1.165, 1.54) is 6.33 Å². The Morgan fingerprint density at radius 2 is 1.69 bits per heavy atom. The molecule has 2 atom stereocenters. The third kappa shape index (κ3) is 3.60. The van der Waals surface area contributed by atoms with Crippen LogP contribution >= 0.6 is 11.6 Å². The lowest BCUT2D eigenvalue weighted by Crippen LogP contribution is -2.44. The molecule has 0 spiro atoms. The maximum Gasteiger partial charge on any atom is 0.232 e. The molecule has 2 aromatic carbocycles. The quantitative estimate of drug-likeness (QED) is 0.627. The molecule has 1 amide bonds. The lowest BCUT2D eigenvalue weighted by molar-refractivity contribution is -0.122. The summed E-state index contributed by atoms with van der Waals surface area (Å²) in [4.78, 5) is 19.4. The van der Waals surface area contributed by atoms with Crippen molar-refractivity contribution in [3.8, 4) is 5.75 Å². The number of methoxy groups -OCH3 is 1. The van der Waals surface area contributed by atoms with Gasteiger partial charge < -0.3 is 4.74 Å². The highest BCUT2D eigenvalue weighted by molar-refractivity contribution is 6.30. The van der Waals surface area contributed by atoms with Gasteiger partial charge in [0.25, 0.3) is 0 Å². The van der Waals surface area contributed by atoms with E-state index in [9.17, 15) is 4.79 Å². The van der Waals surface area contributed by atoms with Gasteiger partial charge in [-0.25, -0.2) is 4.68 Å². The molecule has 0 N–H and O–H groups in total. The van der Waals surface area contributed by atoms with Gasteiger partial charge in [0.05, 0.1) is 19.2 Å². The second kappa shape index (κ2) is 7.87. The van der Waals surface area contributed by atoms with Gasteiger partial charge in [-0.05, 0) is 41.8 Å². The highest BCUT2D eigenvalue weighted by Gasteiger charge is 2.39. The number of hydrogen-bond acceptors (Lipinski definition) is 4. The van der Waals surface area contributed by atoms with Crippen molar-refractivity contribution in [3.05, 3.63) is 71.0 Å². The van der Waals surface area contributed by atoms with Crippen LogP contribution in [-0.4, -0.2) is 27.8 Å². The SMILES string of the molecule is COc1ccc(C2CC(c3ccc(Cl)cc3)n3ncnc3N2C(=O)C(C)C)cc1. The van der Waals surface area contributed by atoms with E-state index in [0.717, 1.165) is 16.9 Å². The topological polar surface area (TPSA) is 60.2 Å². The lowest BCUT2D eigenvalue weighted by atomic mass is 9.91. The van der Waals surface area contributed by atoms with Crippen LogP contribution in [-0.2, 0) is 4.79 Å². The van der Waals surface area contributed by atoms with Crippen molar-refractivity contribution < 1.29 is 9.53 Å². The number of carbonyl (C=O) groups is 1. The first-order valence-corrected chi connectivity index (χ1v) is 9.99. The molecule has 1 aliphatic rings. The van der Waals surface area contributed by atoms with Crippen molar-refractivity contribution in [2.75, 3.05) is 12.0 Å². The number of aromatic nitrogens is 3. The van der Waals surface area contributed by atoms with Crippen molar-refractivity contribution in [3.63, 3.8) is 0 Å². The van der Waals surface area contributed by atoms with Gasteiger partial charge in [0.1, 0.15) is 12.1 Å². The Balaban J connectivity index is 1.82. The van der Waals surface area contributed by atoms with E-state index in [4.69, 9.17) is 16.3 Å². The van der Waals surface area contributed by atoms with Crippen molar-refractivity contribution in [2.24, 2.45) is 5.92 Å². The van der Waals surface area contributed by atoms with Gasteiger partial charge in [0, 0.05) is 10.9 Å². The summed E-state index contributed by atoms with van der Waals surface area (Å²) >= 11 is 6.08. The molecule has 29 heavy (non-hydrogen) atoms. The number of rotatable bonds is 4. The molecule has 1 aromatic heterocycles. The summed E-state index contributed by atoms with van der Waals surface area (Å²) in [7, 11) is 1.64. The Hall–Kier alpha value is -2.86. The van der Waals surface area contributed by atoms with E-state index < -0.39 is 0 Å². The molecular formula is C22H23ClN4O2. The van der Waals surface area contributed by atoms with Crippen LogP contribution in [0.3, 0.4) is 0 Å². The van der Waals surface area contributed by atoms with Crippen molar-refractivity contribution in [1.82, 2.24) is 14.8 Å². The highest BCUT2D eigenvalue weighted by atomic mass is 35.5. The van der Waals surface area contributed by atoms with Gasteiger partial charge in [0.15, 0.2) is 0 Å². The van der Waals surface area contributed by atoms with Crippen molar-refractivity contribution in [1.29, 1.82) is 0 Å². The number of anilines is 1. The van der Waals surface area contributed by atoms with Gasteiger partial charge in [-0.3, -0.25) is 9.69 Å². The number of ether oxygens (including phenoxy) is 1. The third-order valence-electron chi connectivity index (χ3n) is 5.31. The van der Waals surface area contributed by atoms with Crippen LogP contribution in [0.15, 0.2) is 54.9 Å². The summed E-state index contributed by atoms with van der Waals surface area (Å²) in [5.41, 5.74) is 2.12. The van der Waals surface area contributed by atoms with E-state index >= 15 is 0 Å². The summed E-state index contributed by atoms with van der Waals surface area (Å²) in [6.07, 6.45) is 2.19. The average molecular weight is 411 g/mol. The van der Waals surface area contributed by atoms with Crippen molar-refractivity contribution in [2.45, 2.75) is 32.4 Å². The first kappa shape index (κ1) is 19.5. The predicted molar refractivity (Wildman–Crippen MR) is 112 cm³/mol. The van der Waals surface area contributed by atoms with Gasteiger partial charge in [-0.2, -0.15) is 10.1 Å². The van der Waals surface area contributed by atoms with Crippen LogP contribution in [0.5, 0.6) is 5.75 Å². The molecule has 0 saturated carbocycles. The predicted octanol–water partition coefficient (Wildman–Crippen LogP) is 4.66. The molecular weight excluding hydrogens is 388 g/mol. The minimum atomic E-state index is -0.159. The first-order valence-electron chi connectivity index (χ1n) is 9.61. The summed E-state index contributed by atoms with van der Waals surface area (Å²) in [6.45, 7) is 3.80. The number of carbonyl (C=O) groups excluding carboxylic acids is 1. The van der Waals surface area contributed by atoms with Crippen LogP contribution in [0, 0.1) is 5.92 Å². The maximum absolute atomic E-state index is 13.2. The molecule has 2 heterocycles. The molecule has 0 bridgehead atoms. The number of hydrogen-bond donors (Lipinski definition) is 0. The first-order chi connectivity index (χ1) is 14.0. The number of amides is 1. The fourth-order valence-electron chi connectivity index (χ4n) is 3.80. The molecule has 4 rings (SSSR count). The monoisotopic (exact) mass is 410 g/mol. The molecule has 7 heteroatoms. The van der Waals surface area contributed by atoms with Gasteiger partial charge in [-0.1, -0.05) is 49.7 Å². The summed E-state index contributed by atoms with van der Waals surface area (Å²) in [5, 5.41) is 5.13. The Bertz CT molecular complexity index is 998. The fourth-order valence-corrected chi connectivity index (χ4v) is 3.92. The molecule has 0 fully saturated rings. The minimum absolute atomic E-state index is 0.0228. The highest BCUT2D eigenvalue weighted by Crippen LogP contribution is 2.42. The Morgan fingerprint density at radius 1 is 1.07 bits per heavy atom. The van der Waals surface area contributed by atoms with Crippen LogP contribution in [0.1, 0.15) is 43.5 Å². The Kier molecular flexibility index (Phi) is 5.28.